The van der Waals surface area contributed by atoms with E-state index in [1.54, 1.807) is 7.11 Å². The lowest BCUT2D eigenvalue weighted by molar-refractivity contribution is -0.131. The molecule has 0 saturated carbocycles. The average Bonchev–Trinajstić information content (AvgIpc) is 2.60. The maximum Gasteiger partial charge on any atom is 0.253 e. The van der Waals surface area contributed by atoms with Crippen LogP contribution >= 0.6 is 0 Å². The molecule has 2 unspecified atom stereocenters. The Morgan fingerprint density at radius 2 is 2.26 bits per heavy atom. The second kappa shape index (κ2) is 6.62. The van der Waals surface area contributed by atoms with E-state index < -0.39 is 0 Å². The van der Waals surface area contributed by atoms with Crippen LogP contribution in [0.4, 0.5) is 0 Å². The van der Waals surface area contributed by atoms with E-state index in [4.69, 9.17) is 15.2 Å². The number of nitrogens with two attached hydrogens (primary N) is 1. The van der Waals surface area contributed by atoms with Crippen LogP contribution in [0, 0.1) is 0 Å². The monoisotopic (exact) mass is 316 g/mol. The van der Waals surface area contributed by atoms with Crippen LogP contribution in [-0.2, 0) is 4.79 Å². The van der Waals surface area contributed by atoms with Gasteiger partial charge in [-0.2, -0.15) is 0 Å². The van der Waals surface area contributed by atoms with E-state index in [1.807, 2.05) is 36.1 Å². The van der Waals surface area contributed by atoms with E-state index >= 15 is 0 Å². The molecule has 3 rings (SSSR count). The summed E-state index contributed by atoms with van der Waals surface area (Å²) in [4.78, 5) is 14.8. The molecule has 5 heteroatoms. The van der Waals surface area contributed by atoms with E-state index in [2.05, 4.69) is 0 Å². The molecule has 2 aliphatic rings. The molecule has 0 aromatic heterocycles. The van der Waals surface area contributed by atoms with Crippen molar-refractivity contribution in [1.29, 1.82) is 0 Å². The number of rotatable bonds is 3. The van der Waals surface area contributed by atoms with Crippen LogP contribution < -0.4 is 15.2 Å². The van der Waals surface area contributed by atoms with Crippen molar-refractivity contribution in [2.24, 2.45) is 5.73 Å². The van der Waals surface area contributed by atoms with Gasteiger partial charge >= 0.3 is 0 Å². The SMILES string of the molecule is COc1ccc2c(c1)OCC(C(=O)N1CCCCC1C(C)N)=C2. The summed E-state index contributed by atoms with van der Waals surface area (Å²) < 4.78 is 11.0. The molecule has 1 fully saturated rings. The number of likely N-dealkylation sites (tertiary alicyclic amines) is 1. The van der Waals surface area contributed by atoms with Crippen molar-refractivity contribution in [3.05, 3.63) is 29.3 Å². The molecule has 2 aliphatic heterocycles. The van der Waals surface area contributed by atoms with Gasteiger partial charge in [0, 0.05) is 30.3 Å². The standard InChI is InChI=1S/C18H24N2O3/c1-12(19)16-5-3-4-8-20(16)18(21)14-9-13-6-7-15(22-2)10-17(13)23-11-14/h6-7,9-10,12,16H,3-5,8,11,19H2,1-2H3. The number of carbonyl (C=O) groups excluding carboxylic acids is 1. The number of carbonyl (C=O) groups is 1. The molecular formula is C18H24N2O3. The van der Waals surface area contributed by atoms with Gasteiger partial charge in [0.15, 0.2) is 0 Å². The lowest BCUT2D eigenvalue weighted by Crippen LogP contribution is -2.52. The lowest BCUT2D eigenvalue weighted by atomic mass is 9.95. The van der Waals surface area contributed by atoms with Gasteiger partial charge in [0.1, 0.15) is 18.1 Å². The van der Waals surface area contributed by atoms with E-state index in [9.17, 15) is 4.79 Å². The number of ether oxygens (including phenoxy) is 2. The Bertz CT molecular complexity index is 625. The highest BCUT2D eigenvalue weighted by Gasteiger charge is 2.31. The Morgan fingerprint density at radius 3 is 3.00 bits per heavy atom. The van der Waals surface area contributed by atoms with Crippen LogP contribution in [0.2, 0.25) is 0 Å². The highest BCUT2D eigenvalue weighted by molar-refractivity contribution is 5.99. The number of piperidine rings is 1. The van der Waals surface area contributed by atoms with Gasteiger partial charge in [-0.25, -0.2) is 0 Å². The minimum Gasteiger partial charge on any atom is -0.497 e. The molecule has 1 aromatic carbocycles. The minimum atomic E-state index is -0.0130. The fourth-order valence-corrected chi connectivity index (χ4v) is 3.33. The first-order valence-corrected chi connectivity index (χ1v) is 8.18. The van der Waals surface area contributed by atoms with Gasteiger partial charge < -0.3 is 20.1 Å². The Morgan fingerprint density at radius 1 is 1.43 bits per heavy atom. The number of hydrogen-bond donors (Lipinski definition) is 1. The average molecular weight is 316 g/mol. The van der Waals surface area contributed by atoms with Crippen LogP contribution in [0.3, 0.4) is 0 Å². The molecule has 1 saturated heterocycles. The molecule has 0 radical (unpaired) electrons. The smallest absolute Gasteiger partial charge is 0.253 e. The zero-order valence-corrected chi connectivity index (χ0v) is 13.7. The third kappa shape index (κ3) is 3.20. The Kier molecular flexibility index (Phi) is 4.57. The quantitative estimate of drug-likeness (QED) is 0.928. The van der Waals surface area contributed by atoms with Crippen molar-refractivity contribution in [2.45, 2.75) is 38.3 Å². The minimum absolute atomic E-state index is 0.0130. The summed E-state index contributed by atoms with van der Waals surface area (Å²) >= 11 is 0. The Balaban J connectivity index is 1.83. The molecule has 1 aromatic rings. The highest BCUT2D eigenvalue weighted by Crippen LogP contribution is 2.31. The molecule has 0 aliphatic carbocycles. The van der Waals surface area contributed by atoms with E-state index in [0.29, 0.717) is 12.2 Å². The van der Waals surface area contributed by atoms with Crippen LogP contribution in [-0.4, -0.2) is 43.2 Å². The normalized spacial score (nSPS) is 21.8. The first-order chi connectivity index (χ1) is 11.1. The van der Waals surface area contributed by atoms with Gasteiger partial charge in [0.25, 0.3) is 5.91 Å². The maximum absolute atomic E-state index is 12.9. The highest BCUT2D eigenvalue weighted by atomic mass is 16.5. The predicted octanol–water partition coefficient (Wildman–Crippen LogP) is 2.20. The van der Waals surface area contributed by atoms with Crippen LogP contribution in [0.5, 0.6) is 11.5 Å². The summed E-state index contributed by atoms with van der Waals surface area (Å²) in [7, 11) is 1.62. The van der Waals surface area contributed by atoms with E-state index in [-0.39, 0.29) is 18.0 Å². The van der Waals surface area contributed by atoms with Gasteiger partial charge in [-0.15, -0.1) is 0 Å². The maximum atomic E-state index is 12.9. The predicted molar refractivity (Wildman–Crippen MR) is 89.5 cm³/mol. The van der Waals surface area contributed by atoms with Crippen molar-refractivity contribution in [3.8, 4) is 11.5 Å². The van der Waals surface area contributed by atoms with Crippen LogP contribution in [0.25, 0.3) is 6.08 Å². The van der Waals surface area contributed by atoms with Gasteiger partial charge in [-0.05, 0) is 44.4 Å². The molecule has 2 N–H and O–H groups in total. The third-order valence-corrected chi connectivity index (χ3v) is 4.63. The Hall–Kier alpha value is -2.01. The largest absolute Gasteiger partial charge is 0.497 e. The molecular weight excluding hydrogens is 292 g/mol. The van der Waals surface area contributed by atoms with Gasteiger partial charge in [-0.1, -0.05) is 0 Å². The molecule has 2 heterocycles. The zero-order valence-electron chi connectivity index (χ0n) is 13.7. The fourth-order valence-electron chi connectivity index (χ4n) is 3.33. The summed E-state index contributed by atoms with van der Waals surface area (Å²) in [5.74, 6) is 1.55. The van der Waals surface area contributed by atoms with Gasteiger partial charge in [0.2, 0.25) is 0 Å². The Labute approximate surface area is 137 Å². The first-order valence-electron chi connectivity index (χ1n) is 8.18. The first kappa shape index (κ1) is 15.9. The molecule has 0 bridgehead atoms. The van der Waals surface area contributed by atoms with Crippen molar-refractivity contribution in [2.75, 3.05) is 20.3 Å². The van der Waals surface area contributed by atoms with Crippen molar-refractivity contribution in [3.63, 3.8) is 0 Å². The summed E-state index contributed by atoms with van der Waals surface area (Å²) in [5.41, 5.74) is 7.68. The molecule has 23 heavy (non-hydrogen) atoms. The fraction of sp³-hybridized carbons (Fsp3) is 0.500. The van der Waals surface area contributed by atoms with Crippen LogP contribution in [0.15, 0.2) is 23.8 Å². The molecule has 0 spiro atoms. The summed E-state index contributed by atoms with van der Waals surface area (Å²) in [5, 5.41) is 0. The summed E-state index contributed by atoms with van der Waals surface area (Å²) in [6.45, 7) is 3.04. The van der Waals surface area contributed by atoms with Gasteiger partial charge in [0.05, 0.1) is 12.7 Å². The second-order valence-corrected chi connectivity index (χ2v) is 6.28. The topological polar surface area (TPSA) is 64.8 Å². The van der Waals surface area contributed by atoms with Crippen LogP contribution in [0.1, 0.15) is 31.7 Å². The summed E-state index contributed by atoms with van der Waals surface area (Å²) in [6, 6.07) is 5.74. The number of hydrogen-bond acceptors (Lipinski definition) is 4. The lowest BCUT2D eigenvalue weighted by Gasteiger charge is -2.38. The number of methoxy groups -OCH3 is 1. The van der Waals surface area contributed by atoms with Gasteiger partial charge in [-0.3, -0.25) is 4.79 Å². The van der Waals surface area contributed by atoms with E-state index in [1.165, 1.54) is 0 Å². The van der Waals surface area contributed by atoms with Crippen molar-refractivity contribution >= 4 is 12.0 Å². The zero-order chi connectivity index (χ0) is 16.4. The van der Waals surface area contributed by atoms with Crippen molar-refractivity contribution in [1.82, 2.24) is 4.90 Å². The molecule has 5 nitrogen and oxygen atoms in total. The summed E-state index contributed by atoms with van der Waals surface area (Å²) in [6.07, 6.45) is 5.07. The number of benzene rings is 1. The molecule has 1 amide bonds. The number of amides is 1. The van der Waals surface area contributed by atoms with Crippen molar-refractivity contribution < 1.29 is 14.3 Å². The second-order valence-electron chi connectivity index (χ2n) is 6.28. The number of fused-ring (bicyclic) bond motifs is 1. The number of nitrogens with zero attached hydrogens (tertiary/aromatic N) is 1. The van der Waals surface area contributed by atoms with E-state index in [0.717, 1.165) is 42.9 Å². The molecule has 124 valence electrons. The third-order valence-electron chi connectivity index (χ3n) is 4.63. The molecule has 2 atom stereocenters.